The van der Waals surface area contributed by atoms with Crippen molar-refractivity contribution in [1.29, 1.82) is 0 Å². The molecule has 3 N–H and O–H groups in total. The SMILES string of the molecule is CCN(CC)CCNc1nc(-c2cc(Cl)c3ncsc3c2)c(-c2ccn(C)n2)nc1N. The number of nitrogen functional groups attached to an aromatic ring is 1. The lowest BCUT2D eigenvalue weighted by Crippen LogP contribution is -2.29. The van der Waals surface area contributed by atoms with Crippen molar-refractivity contribution in [1.82, 2.24) is 29.6 Å². The summed E-state index contributed by atoms with van der Waals surface area (Å²) in [5, 5.41) is 8.43. The molecule has 8 nitrogen and oxygen atoms in total. The first kappa shape index (κ1) is 21.5. The van der Waals surface area contributed by atoms with Gasteiger partial charge in [-0.1, -0.05) is 25.4 Å². The number of likely N-dealkylation sites (N-methyl/N-ethyl adjacent to an activating group) is 1. The molecule has 3 heterocycles. The fourth-order valence-electron chi connectivity index (χ4n) is 3.43. The summed E-state index contributed by atoms with van der Waals surface area (Å²) in [5.74, 6) is 0.899. The summed E-state index contributed by atoms with van der Waals surface area (Å²) in [6.07, 6.45) is 1.87. The highest BCUT2D eigenvalue weighted by molar-refractivity contribution is 7.16. The van der Waals surface area contributed by atoms with Crippen molar-refractivity contribution in [3.05, 3.63) is 34.9 Å². The normalized spacial score (nSPS) is 11.5. The Balaban J connectivity index is 1.77. The van der Waals surface area contributed by atoms with E-state index in [1.54, 1.807) is 10.2 Å². The fourth-order valence-corrected chi connectivity index (χ4v) is 4.50. The van der Waals surface area contributed by atoms with E-state index in [0.717, 1.165) is 42.0 Å². The van der Waals surface area contributed by atoms with Crippen LogP contribution in [0.1, 0.15) is 13.8 Å². The Morgan fingerprint density at radius 1 is 1.19 bits per heavy atom. The molecule has 0 spiro atoms. The average Bonchev–Trinajstić information content (AvgIpc) is 3.41. The molecule has 0 aliphatic heterocycles. The highest BCUT2D eigenvalue weighted by Gasteiger charge is 2.19. The first-order chi connectivity index (χ1) is 15.0. The van der Waals surface area contributed by atoms with Crippen molar-refractivity contribution in [2.24, 2.45) is 7.05 Å². The summed E-state index contributed by atoms with van der Waals surface area (Å²) in [6.45, 7) is 7.91. The van der Waals surface area contributed by atoms with Crippen LogP contribution in [-0.2, 0) is 7.05 Å². The number of nitrogens with two attached hydrogens (primary N) is 1. The van der Waals surface area contributed by atoms with Gasteiger partial charge in [0.15, 0.2) is 11.6 Å². The molecule has 10 heteroatoms. The van der Waals surface area contributed by atoms with Crippen molar-refractivity contribution in [3.8, 4) is 22.6 Å². The highest BCUT2D eigenvalue weighted by atomic mass is 35.5. The molecule has 0 fully saturated rings. The van der Waals surface area contributed by atoms with Crippen LogP contribution in [0.4, 0.5) is 11.6 Å². The number of benzene rings is 1. The van der Waals surface area contributed by atoms with Gasteiger partial charge in [0.1, 0.15) is 17.1 Å². The second-order valence-electron chi connectivity index (χ2n) is 7.14. The first-order valence-electron chi connectivity index (χ1n) is 10.2. The van der Waals surface area contributed by atoms with E-state index >= 15 is 0 Å². The number of fused-ring (bicyclic) bond motifs is 1. The van der Waals surface area contributed by atoms with Crippen molar-refractivity contribution >= 4 is 44.8 Å². The summed E-state index contributed by atoms with van der Waals surface area (Å²) in [5.41, 5.74) is 11.7. The van der Waals surface area contributed by atoms with Gasteiger partial charge in [0, 0.05) is 31.9 Å². The summed E-state index contributed by atoms with van der Waals surface area (Å²) >= 11 is 8.04. The molecular weight excluding hydrogens is 432 g/mol. The van der Waals surface area contributed by atoms with Crippen LogP contribution in [0.2, 0.25) is 5.02 Å². The molecule has 1 aromatic carbocycles. The standard InChI is InChI=1S/C21H25ClN8S/c1-4-30(5-2)9-7-24-21-20(23)26-19(15-6-8-29(3)28-15)17(27-21)13-10-14(22)18-16(11-13)31-12-25-18/h6,8,10-12H,4-5,7,9H2,1-3H3,(H2,23,26)(H,24,27). The topological polar surface area (TPSA) is 97.8 Å². The van der Waals surface area contributed by atoms with E-state index in [9.17, 15) is 0 Å². The van der Waals surface area contributed by atoms with Gasteiger partial charge in [-0.25, -0.2) is 15.0 Å². The van der Waals surface area contributed by atoms with E-state index in [1.807, 2.05) is 31.4 Å². The first-order valence-corrected chi connectivity index (χ1v) is 11.4. The van der Waals surface area contributed by atoms with Crippen LogP contribution in [0.25, 0.3) is 32.9 Å². The van der Waals surface area contributed by atoms with Crippen LogP contribution >= 0.6 is 22.9 Å². The van der Waals surface area contributed by atoms with E-state index in [0.29, 0.717) is 33.7 Å². The zero-order valence-corrected chi connectivity index (χ0v) is 19.3. The molecular formula is C21H25ClN8S. The smallest absolute Gasteiger partial charge is 0.169 e. The maximum Gasteiger partial charge on any atom is 0.169 e. The summed E-state index contributed by atoms with van der Waals surface area (Å²) in [4.78, 5) is 16.2. The van der Waals surface area contributed by atoms with Gasteiger partial charge < -0.3 is 16.0 Å². The van der Waals surface area contributed by atoms with Gasteiger partial charge in [0.2, 0.25) is 0 Å². The molecule has 0 bridgehead atoms. The van der Waals surface area contributed by atoms with Gasteiger partial charge in [-0.2, -0.15) is 5.10 Å². The Morgan fingerprint density at radius 3 is 2.71 bits per heavy atom. The third-order valence-corrected chi connectivity index (χ3v) is 6.22. The maximum atomic E-state index is 6.51. The molecule has 0 saturated carbocycles. The largest absolute Gasteiger partial charge is 0.381 e. The van der Waals surface area contributed by atoms with Crippen LogP contribution in [0, 0.1) is 0 Å². The number of anilines is 2. The van der Waals surface area contributed by atoms with Crippen LogP contribution < -0.4 is 11.1 Å². The minimum Gasteiger partial charge on any atom is -0.381 e. The van der Waals surface area contributed by atoms with Crippen molar-refractivity contribution in [3.63, 3.8) is 0 Å². The summed E-state index contributed by atoms with van der Waals surface area (Å²) in [7, 11) is 1.86. The Kier molecular flexibility index (Phi) is 6.35. The van der Waals surface area contributed by atoms with Gasteiger partial charge >= 0.3 is 0 Å². The lowest BCUT2D eigenvalue weighted by atomic mass is 10.1. The number of aromatic nitrogens is 5. The zero-order valence-electron chi connectivity index (χ0n) is 17.8. The van der Waals surface area contributed by atoms with Crippen LogP contribution in [0.3, 0.4) is 0 Å². The molecule has 0 saturated heterocycles. The third-order valence-electron chi connectivity index (χ3n) is 5.16. The number of nitrogens with one attached hydrogen (secondary N) is 1. The predicted octanol–water partition coefficient (Wildman–Crippen LogP) is 4.14. The zero-order chi connectivity index (χ0) is 22.0. The van der Waals surface area contributed by atoms with Crippen LogP contribution in [-0.4, -0.2) is 55.8 Å². The minimum atomic E-state index is 0.342. The third kappa shape index (κ3) is 4.48. The van der Waals surface area contributed by atoms with Crippen molar-refractivity contribution in [2.75, 3.05) is 37.2 Å². The van der Waals surface area contributed by atoms with Gasteiger partial charge in [0.05, 0.1) is 20.7 Å². The molecule has 0 amide bonds. The predicted molar refractivity (Wildman–Crippen MR) is 129 cm³/mol. The number of rotatable bonds is 8. The molecule has 0 aliphatic carbocycles. The van der Waals surface area contributed by atoms with Crippen molar-refractivity contribution < 1.29 is 0 Å². The van der Waals surface area contributed by atoms with Gasteiger partial charge in [-0.3, -0.25) is 4.68 Å². The average molecular weight is 457 g/mol. The van der Waals surface area contributed by atoms with Crippen LogP contribution in [0.15, 0.2) is 29.9 Å². The number of halogens is 1. The second-order valence-corrected chi connectivity index (χ2v) is 8.43. The summed E-state index contributed by atoms with van der Waals surface area (Å²) in [6, 6.07) is 5.80. The van der Waals surface area contributed by atoms with Gasteiger partial charge in [-0.15, -0.1) is 11.3 Å². The monoisotopic (exact) mass is 456 g/mol. The molecule has 162 valence electrons. The molecule has 3 aromatic heterocycles. The molecule has 0 atom stereocenters. The van der Waals surface area contributed by atoms with Crippen LogP contribution in [0.5, 0.6) is 0 Å². The van der Waals surface area contributed by atoms with E-state index in [2.05, 4.69) is 39.1 Å². The lowest BCUT2D eigenvalue weighted by Gasteiger charge is -2.19. The van der Waals surface area contributed by atoms with Gasteiger partial charge in [0.25, 0.3) is 0 Å². The Bertz CT molecular complexity index is 1200. The fraction of sp³-hybridized carbons (Fsp3) is 0.333. The van der Waals surface area contributed by atoms with Crippen molar-refractivity contribution in [2.45, 2.75) is 13.8 Å². The number of nitrogens with zero attached hydrogens (tertiary/aromatic N) is 6. The van der Waals surface area contributed by atoms with E-state index in [-0.39, 0.29) is 0 Å². The second kappa shape index (κ2) is 9.17. The molecule has 4 rings (SSSR count). The molecule has 31 heavy (non-hydrogen) atoms. The number of hydrogen-bond acceptors (Lipinski definition) is 8. The molecule has 0 aliphatic rings. The van der Waals surface area contributed by atoms with E-state index in [4.69, 9.17) is 22.3 Å². The lowest BCUT2D eigenvalue weighted by molar-refractivity contribution is 0.316. The number of hydrogen-bond donors (Lipinski definition) is 2. The molecule has 0 unspecified atom stereocenters. The Hall–Kier alpha value is -2.75. The summed E-state index contributed by atoms with van der Waals surface area (Å²) < 4.78 is 2.72. The Morgan fingerprint density at radius 2 is 2.00 bits per heavy atom. The number of aryl methyl sites for hydroxylation is 1. The van der Waals surface area contributed by atoms with E-state index < -0.39 is 0 Å². The highest BCUT2D eigenvalue weighted by Crippen LogP contribution is 2.36. The Labute approximate surface area is 190 Å². The van der Waals surface area contributed by atoms with Gasteiger partial charge in [-0.05, 0) is 31.3 Å². The van der Waals surface area contributed by atoms with E-state index in [1.165, 1.54) is 11.3 Å². The molecule has 0 radical (unpaired) electrons. The minimum absolute atomic E-state index is 0.342. The quantitative estimate of drug-likeness (QED) is 0.411. The maximum absolute atomic E-state index is 6.51. The molecule has 4 aromatic rings. The number of thiazole rings is 1.